The van der Waals surface area contributed by atoms with Crippen LogP contribution >= 0.6 is 0 Å². The lowest BCUT2D eigenvalue weighted by Gasteiger charge is -2.10. The van der Waals surface area contributed by atoms with Gasteiger partial charge >= 0.3 is 6.03 Å². The van der Waals surface area contributed by atoms with E-state index >= 15 is 0 Å². The number of methoxy groups -OCH3 is 2. The van der Waals surface area contributed by atoms with Gasteiger partial charge in [0.15, 0.2) is 0 Å². The molecule has 0 saturated heterocycles. The van der Waals surface area contributed by atoms with Crippen molar-refractivity contribution in [3.8, 4) is 17.2 Å². The highest BCUT2D eigenvalue weighted by Crippen LogP contribution is 2.28. The molecule has 0 spiro atoms. The van der Waals surface area contributed by atoms with E-state index in [2.05, 4.69) is 15.4 Å². The van der Waals surface area contributed by atoms with E-state index in [1.807, 2.05) is 30.3 Å². The van der Waals surface area contributed by atoms with Crippen LogP contribution in [0.15, 0.2) is 72.0 Å². The van der Waals surface area contributed by atoms with Crippen LogP contribution in [0.2, 0.25) is 0 Å². The van der Waals surface area contributed by atoms with Crippen molar-refractivity contribution in [3.63, 3.8) is 0 Å². The second-order valence-electron chi connectivity index (χ2n) is 5.27. The van der Waals surface area contributed by atoms with Crippen molar-refractivity contribution in [2.45, 2.75) is 0 Å². The van der Waals surface area contributed by atoms with Gasteiger partial charge in [0, 0.05) is 12.3 Å². The summed E-state index contributed by atoms with van der Waals surface area (Å²) in [5, 5.41) is 7.40. The number of hydrogen-bond donors (Lipinski definition) is 1. The molecule has 2 aromatic carbocycles. The fourth-order valence-electron chi connectivity index (χ4n) is 2.32. The summed E-state index contributed by atoms with van der Waals surface area (Å²) in [6.45, 7) is 0. The topological polar surface area (TPSA) is 77.7 Å². The Morgan fingerprint density at radius 1 is 1.08 bits per heavy atom. The summed E-state index contributed by atoms with van der Waals surface area (Å²) in [5.74, 6) is 1.12. The lowest BCUT2D eigenvalue weighted by molar-refractivity contribution is 0.259. The van der Waals surface area contributed by atoms with Gasteiger partial charge in [-0.1, -0.05) is 18.2 Å². The normalized spacial score (nSPS) is 11.1. The minimum atomic E-state index is -0.532. The number of urea groups is 1. The van der Waals surface area contributed by atoms with Crippen molar-refractivity contribution in [2.75, 3.05) is 19.5 Å². The number of amides is 2. The zero-order chi connectivity index (χ0) is 18.4. The van der Waals surface area contributed by atoms with Crippen LogP contribution in [0.3, 0.4) is 0 Å². The molecule has 0 fully saturated rings. The summed E-state index contributed by atoms with van der Waals surface area (Å²) in [7, 11) is 3.08. The molecule has 3 rings (SSSR count). The van der Waals surface area contributed by atoms with Gasteiger partial charge in [0.1, 0.15) is 11.5 Å². The second kappa shape index (κ2) is 7.98. The van der Waals surface area contributed by atoms with E-state index in [-0.39, 0.29) is 0 Å². The minimum absolute atomic E-state index is 0.441. The van der Waals surface area contributed by atoms with Crippen LogP contribution in [0.4, 0.5) is 10.5 Å². The first-order chi connectivity index (χ1) is 12.7. The number of ether oxygens (including phenoxy) is 2. The van der Waals surface area contributed by atoms with E-state index in [0.29, 0.717) is 22.5 Å². The minimum Gasteiger partial charge on any atom is -0.497 e. The molecule has 0 aliphatic carbocycles. The molecule has 1 aromatic heterocycles. The Kier molecular flexibility index (Phi) is 5.28. The van der Waals surface area contributed by atoms with Crippen molar-refractivity contribution in [3.05, 3.63) is 72.3 Å². The number of rotatable bonds is 4. The Morgan fingerprint density at radius 2 is 1.88 bits per heavy atom. The van der Waals surface area contributed by atoms with Gasteiger partial charge < -0.3 is 14.8 Å². The Bertz CT molecular complexity index is 948. The quantitative estimate of drug-likeness (QED) is 0.784. The first kappa shape index (κ1) is 17.2. The number of aromatic nitrogens is 2. The summed E-state index contributed by atoms with van der Waals surface area (Å²) < 4.78 is 12.1. The van der Waals surface area contributed by atoms with E-state index in [1.165, 1.54) is 13.3 Å². The Balaban J connectivity index is 1.79. The molecule has 0 bridgehead atoms. The third-order valence-corrected chi connectivity index (χ3v) is 3.60. The standard InChI is InChI=1S/C19H18N4O3/c1-25-16-8-9-18(26-2)17(12-16)22-19(24)21-14-10-11-23(20-13-14)15-6-4-3-5-7-15/h3-13H,1-2H3,(H,22,24)/b21-14+. The number of anilines is 1. The fraction of sp³-hybridized carbons (Fsp3) is 0.105. The first-order valence-electron chi connectivity index (χ1n) is 7.88. The van der Waals surface area contributed by atoms with E-state index in [9.17, 15) is 4.79 Å². The van der Waals surface area contributed by atoms with Crippen LogP contribution < -0.4 is 20.1 Å². The van der Waals surface area contributed by atoms with E-state index in [4.69, 9.17) is 9.47 Å². The second-order valence-corrected chi connectivity index (χ2v) is 5.27. The molecule has 0 aliphatic heterocycles. The van der Waals surface area contributed by atoms with Gasteiger partial charge in [0.25, 0.3) is 0 Å². The maximum absolute atomic E-state index is 12.2. The smallest absolute Gasteiger partial charge is 0.346 e. The van der Waals surface area contributed by atoms with Crippen molar-refractivity contribution >= 4 is 11.7 Å². The summed E-state index contributed by atoms with van der Waals surface area (Å²) in [6.07, 6.45) is 3.27. The van der Waals surface area contributed by atoms with Crippen molar-refractivity contribution in [1.82, 2.24) is 9.78 Å². The Labute approximate surface area is 150 Å². The number of nitrogens with zero attached hydrogens (tertiary/aromatic N) is 3. The largest absolute Gasteiger partial charge is 0.497 e. The van der Waals surface area contributed by atoms with Crippen LogP contribution in [0.1, 0.15) is 0 Å². The van der Waals surface area contributed by atoms with Gasteiger partial charge in [0.2, 0.25) is 0 Å². The molecule has 0 unspecified atom stereocenters. The van der Waals surface area contributed by atoms with Crippen LogP contribution in [0.25, 0.3) is 5.69 Å². The SMILES string of the molecule is COc1ccc(OC)c(NC(=O)/N=c2\ccn(-c3ccccc3)nc2)c1. The van der Waals surface area contributed by atoms with Crippen molar-refractivity contribution in [1.29, 1.82) is 0 Å². The monoisotopic (exact) mass is 350 g/mol. The molecular weight excluding hydrogens is 332 g/mol. The molecule has 1 heterocycles. The number of carbonyl (C=O) groups is 1. The third kappa shape index (κ3) is 4.07. The summed E-state index contributed by atoms with van der Waals surface area (Å²) in [6, 6.07) is 16.0. The van der Waals surface area contributed by atoms with Crippen LogP contribution in [-0.2, 0) is 0 Å². The molecule has 0 aliphatic rings. The molecule has 0 atom stereocenters. The molecule has 7 nitrogen and oxygen atoms in total. The van der Waals surface area contributed by atoms with Gasteiger partial charge in [-0.25, -0.2) is 9.48 Å². The molecule has 0 radical (unpaired) electrons. The van der Waals surface area contributed by atoms with Gasteiger partial charge in [-0.2, -0.15) is 10.1 Å². The summed E-state index contributed by atoms with van der Waals surface area (Å²) in [5.41, 5.74) is 1.40. The molecule has 1 N–H and O–H groups in total. The number of benzene rings is 2. The number of para-hydroxylation sites is 1. The van der Waals surface area contributed by atoms with E-state index in [0.717, 1.165) is 5.69 Å². The maximum atomic E-state index is 12.2. The summed E-state index contributed by atoms with van der Waals surface area (Å²) >= 11 is 0. The molecule has 26 heavy (non-hydrogen) atoms. The molecule has 3 aromatic rings. The van der Waals surface area contributed by atoms with Gasteiger partial charge in [0.05, 0.1) is 37.1 Å². The highest BCUT2D eigenvalue weighted by molar-refractivity contribution is 5.91. The Morgan fingerprint density at radius 3 is 2.54 bits per heavy atom. The summed E-state index contributed by atoms with van der Waals surface area (Å²) in [4.78, 5) is 16.2. The lowest BCUT2D eigenvalue weighted by Crippen LogP contribution is -2.15. The molecule has 2 amide bonds. The predicted octanol–water partition coefficient (Wildman–Crippen LogP) is 3.02. The van der Waals surface area contributed by atoms with Gasteiger partial charge in [-0.15, -0.1) is 0 Å². The third-order valence-electron chi connectivity index (χ3n) is 3.60. The average molecular weight is 350 g/mol. The van der Waals surface area contributed by atoms with Crippen LogP contribution in [-0.4, -0.2) is 30.0 Å². The van der Waals surface area contributed by atoms with Gasteiger partial charge in [-0.05, 0) is 30.3 Å². The number of carbonyl (C=O) groups excluding carboxylic acids is 1. The zero-order valence-corrected chi connectivity index (χ0v) is 14.4. The van der Waals surface area contributed by atoms with Crippen molar-refractivity contribution < 1.29 is 14.3 Å². The van der Waals surface area contributed by atoms with E-state index in [1.54, 1.807) is 42.3 Å². The fourth-order valence-corrected chi connectivity index (χ4v) is 2.32. The molecule has 132 valence electrons. The molecule has 7 heteroatoms. The maximum Gasteiger partial charge on any atom is 0.346 e. The number of nitrogens with one attached hydrogen (secondary N) is 1. The number of hydrogen-bond acceptors (Lipinski definition) is 4. The predicted molar refractivity (Wildman–Crippen MR) is 97.7 cm³/mol. The highest BCUT2D eigenvalue weighted by atomic mass is 16.5. The molecule has 0 saturated carbocycles. The highest BCUT2D eigenvalue weighted by Gasteiger charge is 2.08. The van der Waals surface area contributed by atoms with Crippen molar-refractivity contribution in [2.24, 2.45) is 4.99 Å². The van der Waals surface area contributed by atoms with Gasteiger partial charge in [-0.3, -0.25) is 0 Å². The van der Waals surface area contributed by atoms with Crippen LogP contribution in [0, 0.1) is 0 Å². The first-order valence-corrected chi connectivity index (χ1v) is 7.88. The Hall–Kier alpha value is -3.61. The molecular formula is C19H18N4O3. The van der Waals surface area contributed by atoms with E-state index < -0.39 is 6.03 Å². The zero-order valence-electron chi connectivity index (χ0n) is 14.4. The average Bonchev–Trinajstić information content (AvgIpc) is 2.69. The van der Waals surface area contributed by atoms with Crippen LogP contribution in [0.5, 0.6) is 11.5 Å². The lowest BCUT2D eigenvalue weighted by atomic mass is 10.2.